The number of rotatable bonds is 10. The molecule has 0 saturated heterocycles. The predicted octanol–water partition coefficient (Wildman–Crippen LogP) is 8.23. The number of allylic oxidation sites excluding steroid dienone is 5. The van der Waals surface area contributed by atoms with Crippen molar-refractivity contribution in [3.05, 3.63) is 58.7 Å². The first-order valence-corrected chi connectivity index (χ1v) is 11.9. The third kappa shape index (κ3) is 9.06. The zero-order valence-corrected chi connectivity index (χ0v) is 21.8. The number of ether oxygens (including phenoxy) is 1. The van der Waals surface area contributed by atoms with Crippen molar-refractivity contribution in [3.63, 3.8) is 0 Å². The smallest absolute Gasteiger partial charge is 0.328 e. The first-order chi connectivity index (χ1) is 14.8. The normalized spacial score (nSPS) is 13.7. The van der Waals surface area contributed by atoms with E-state index in [1.54, 1.807) is 6.92 Å². The van der Waals surface area contributed by atoms with Crippen LogP contribution < -0.4 is 4.74 Å². The van der Waals surface area contributed by atoms with Crippen molar-refractivity contribution in [1.82, 2.24) is 0 Å². The van der Waals surface area contributed by atoms with Crippen LogP contribution in [0.25, 0.3) is 5.57 Å². The standard InChI is InChI=1S/C29H44O3/c1-10-11-12-13-17-32-27-24(28(4,5)6)19-23(20-25(27)29(7,8)9)22(3)16-14-15-21(2)18-26(30)31/h14-16,18-20H,10-13,17H2,1-9H3,(H,30,31)/b15-14+,21-18+,22-16+. The summed E-state index contributed by atoms with van der Waals surface area (Å²) in [5, 5.41) is 8.88. The molecule has 3 nitrogen and oxygen atoms in total. The first-order valence-electron chi connectivity index (χ1n) is 11.9. The molecule has 0 spiro atoms. The molecule has 0 aromatic heterocycles. The maximum absolute atomic E-state index is 10.8. The number of carboxylic acid groups (broad SMARTS) is 1. The fraction of sp³-hybridized carbons (Fsp3) is 0.552. The molecule has 32 heavy (non-hydrogen) atoms. The highest BCUT2D eigenvalue weighted by molar-refractivity contribution is 5.81. The van der Waals surface area contributed by atoms with Gasteiger partial charge in [-0.2, -0.15) is 0 Å². The van der Waals surface area contributed by atoms with Gasteiger partial charge in [0.25, 0.3) is 0 Å². The molecule has 0 atom stereocenters. The molecule has 1 aromatic carbocycles. The van der Waals surface area contributed by atoms with Gasteiger partial charge in [0, 0.05) is 17.2 Å². The second kappa shape index (κ2) is 12.1. The number of hydrogen-bond acceptors (Lipinski definition) is 2. The van der Waals surface area contributed by atoms with Crippen LogP contribution in [-0.2, 0) is 15.6 Å². The summed E-state index contributed by atoms with van der Waals surface area (Å²) in [5.74, 6) is 0.108. The molecule has 3 heteroatoms. The van der Waals surface area contributed by atoms with E-state index in [1.807, 2.05) is 18.2 Å². The second-order valence-electron chi connectivity index (χ2n) is 10.7. The lowest BCUT2D eigenvalue weighted by Crippen LogP contribution is -2.20. The van der Waals surface area contributed by atoms with Gasteiger partial charge in [0.2, 0.25) is 0 Å². The third-order valence-electron chi connectivity index (χ3n) is 5.46. The Hall–Kier alpha value is -2.29. The molecule has 0 aliphatic rings. The van der Waals surface area contributed by atoms with Crippen molar-refractivity contribution in [3.8, 4) is 5.75 Å². The van der Waals surface area contributed by atoms with Gasteiger partial charge in [0.1, 0.15) is 5.75 Å². The van der Waals surface area contributed by atoms with E-state index in [2.05, 4.69) is 67.5 Å². The van der Waals surface area contributed by atoms with E-state index >= 15 is 0 Å². The Morgan fingerprint density at radius 2 is 1.53 bits per heavy atom. The first kappa shape index (κ1) is 27.7. The topological polar surface area (TPSA) is 46.5 Å². The van der Waals surface area contributed by atoms with Crippen LogP contribution in [0.3, 0.4) is 0 Å². The summed E-state index contributed by atoms with van der Waals surface area (Å²) < 4.78 is 6.46. The van der Waals surface area contributed by atoms with Gasteiger partial charge in [0.05, 0.1) is 6.61 Å². The van der Waals surface area contributed by atoms with Crippen LogP contribution in [-0.4, -0.2) is 17.7 Å². The van der Waals surface area contributed by atoms with Gasteiger partial charge in [-0.15, -0.1) is 0 Å². The van der Waals surface area contributed by atoms with Crippen LogP contribution in [0.15, 0.2) is 42.0 Å². The van der Waals surface area contributed by atoms with Gasteiger partial charge < -0.3 is 9.84 Å². The number of carboxylic acids is 1. The quantitative estimate of drug-likeness (QED) is 0.226. The average molecular weight is 441 g/mol. The van der Waals surface area contributed by atoms with Gasteiger partial charge in [-0.05, 0) is 59.9 Å². The van der Waals surface area contributed by atoms with Crippen LogP contribution >= 0.6 is 0 Å². The molecular weight excluding hydrogens is 396 g/mol. The monoisotopic (exact) mass is 440 g/mol. The summed E-state index contributed by atoms with van der Waals surface area (Å²) in [6.07, 6.45) is 11.7. The largest absolute Gasteiger partial charge is 0.493 e. The lowest BCUT2D eigenvalue weighted by atomic mass is 9.77. The highest BCUT2D eigenvalue weighted by atomic mass is 16.5. The fourth-order valence-electron chi connectivity index (χ4n) is 3.51. The van der Waals surface area contributed by atoms with E-state index < -0.39 is 5.97 Å². The summed E-state index contributed by atoms with van der Waals surface area (Å²) in [7, 11) is 0. The van der Waals surface area contributed by atoms with Crippen LogP contribution in [0.4, 0.5) is 0 Å². The third-order valence-corrected chi connectivity index (χ3v) is 5.46. The number of carbonyl (C=O) groups is 1. The molecule has 1 rings (SSSR count). The molecule has 0 saturated carbocycles. The summed E-state index contributed by atoms with van der Waals surface area (Å²) >= 11 is 0. The lowest BCUT2D eigenvalue weighted by Gasteiger charge is -2.31. The van der Waals surface area contributed by atoms with Gasteiger partial charge in [-0.3, -0.25) is 0 Å². The number of unbranched alkanes of at least 4 members (excludes halogenated alkanes) is 3. The Balaban J connectivity index is 3.42. The summed E-state index contributed by atoms with van der Waals surface area (Å²) in [6.45, 7) is 20.3. The van der Waals surface area contributed by atoms with Crippen molar-refractivity contribution < 1.29 is 14.6 Å². The zero-order valence-electron chi connectivity index (χ0n) is 21.8. The SMILES string of the molecule is CCCCCCOc1c(C(C)(C)C)cc(/C(C)=C/C=C/C(C)=C/C(=O)O)cc1C(C)(C)C. The minimum atomic E-state index is -0.928. The van der Waals surface area contributed by atoms with E-state index in [0.29, 0.717) is 5.57 Å². The van der Waals surface area contributed by atoms with Crippen LogP contribution in [0, 0.1) is 0 Å². The maximum atomic E-state index is 10.8. The second-order valence-corrected chi connectivity index (χ2v) is 10.7. The fourth-order valence-corrected chi connectivity index (χ4v) is 3.51. The maximum Gasteiger partial charge on any atom is 0.328 e. The lowest BCUT2D eigenvalue weighted by molar-refractivity contribution is -0.131. The molecule has 0 radical (unpaired) electrons. The Morgan fingerprint density at radius 1 is 0.969 bits per heavy atom. The van der Waals surface area contributed by atoms with Crippen molar-refractivity contribution >= 4 is 11.5 Å². The number of benzene rings is 1. The van der Waals surface area contributed by atoms with E-state index in [4.69, 9.17) is 9.84 Å². The van der Waals surface area contributed by atoms with Crippen LogP contribution in [0.1, 0.15) is 105 Å². The molecule has 0 aliphatic heterocycles. The number of hydrogen-bond donors (Lipinski definition) is 1. The Labute approximate surface area is 196 Å². The van der Waals surface area contributed by atoms with E-state index in [-0.39, 0.29) is 10.8 Å². The Bertz CT molecular complexity index is 820. The minimum absolute atomic E-state index is 0.0499. The van der Waals surface area contributed by atoms with Gasteiger partial charge >= 0.3 is 5.97 Å². The summed E-state index contributed by atoms with van der Waals surface area (Å²) in [5.41, 5.74) is 5.37. The van der Waals surface area contributed by atoms with Crippen molar-refractivity contribution in [2.24, 2.45) is 0 Å². The molecule has 0 amide bonds. The zero-order chi connectivity index (χ0) is 24.5. The minimum Gasteiger partial charge on any atom is -0.493 e. The highest BCUT2D eigenvalue weighted by Crippen LogP contribution is 2.42. The van der Waals surface area contributed by atoms with E-state index in [0.717, 1.165) is 24.4 Å². The molecule has 0 fully saturated rings. The van der Waals surface area contributed by atoms with Crippen LogP contribution in [0.2, 0.25) is 0 Å². The molecule has 0 unspecified atom stereocenters. The van der Waals surface area contributed by atoms with Crippen molar-refractivity contribution in [2.45, 2.75) is 98.8 Å². The molecule has 0 heterocycles. The predicted molar refractivity (Wildman–Crippen MR) is 138 cm³/mol. The number of aliphatic carboxylic acids is 1. The Morgan fingerprint density at radius 3 is 2.00 bits per heavy atom. The molecule has 1 aromatic rings. The van der Waals surface area contributed by atoms with Gasteiger partial charge in [-0.25, -0.2) is 4.79 Å². The van der Waals surface area contributed by atoms with Gasteiger partial charge in [-0.1, -0.05) is 86.0 Å². The highest BCUT2D eigenvalue weighted by Gasteiger charge is 2.28. The van der Waals surface area contributed by atoms with E-state index in [1.165, 1.54) is 42.0 Å². The molecule has 0 aliphatic carbocycles. The molecule has 0 bridgehead atoms. The van der Waals surface area contributed by atoms with Crippen molar-refractivity contribution in [1.29, 1.82) is 0 Å². The molecule has 1 N–H and O–H groups in total. The summed E-state index contributed by atoms with van der Waals surface area (Å²) in [4.78, 5) is 10.8. The van der Waals surface area contributed by atoms with Gasteiger partial charge in [0.15, 0.2) is 0 Å². The molecule has 178 valence electrons. The molecular formula is C29H44O3. The summed E-state index contributed by atoms with van der Waals surface area (Å²) in [6, 6.07) is 4.52. The van der Waals surface area contributed by atoms with Crippen molar-refractivity contribution in [2.75, 3.05) is 6.61 Å². The average Bonchev–Trinajstić information content (AvgIpc) is 2.65. The van der Waals surface area contributed by atoms with Crippen LogP contribution in [0.5, 0.6) is 5.75 Å². The van der Waals surface area contributed by atoms with E-state index in [9.17, 15) is 4.79 Å². The Kier molecular flexibility index (Phi) is 10.5.